The fourth-order valence-corrected chi connectivity index (χ4v) is 4.49. The van der Waals surface area contributed by atoms with E-state index < -0.39 is 24.7 Å². The van der Waals surface area contributed by atoms with Crippen molar-refractivity contribution >= 4 is 30.2 Å². The van der Waals surface area contributed by atoms with Crippen LogP contribution in [0.1, 0.15) is 27.7 Å². The number of ether oxygens (including phenoxy) is 1. The van der Waals surface area contributed by atoms with Gasteiger partial charge in [-0.25, -0.2) is 4.57 Å². The zero-order chi connectivity index (χ0) is 24.9. The number of nitrogens with one attached hydrogen (secondary N) is 1. The third kappa shape index (κ3) is 6.79. The second kappa shape index (κ2) is 10.2. The molecule has 0 aliphatic rings. The largest absolute Gasteiger partial charge is 0.513 e. The van der Waals surface area contributed by atoms with Gasteiger partial charge >= 0.3 is 13.7 Å². The Morgan fingerprint density at radius 2 is 1.68 bits per heavy atom. The predicted octanol–water partition coefficient (Wildman–Crippen LogP) is 5.88. The molecule has 0 heterocycles. The monoisotopic (exact) mass is 486 g/mol. The SMILES string of the molecule is C[C@H](NP(=O)(Oc1ccc([N+](=O)[O-])cc1)Oc1cccc2ccccc12)C(=O)OCC(C)(C)C. The number of rotatable bonds is 9. The zero-order valence-electron chi connectivity index (χ0n) is 19.4. The highest BCUT2D eigenvalue weighted by Gasteiger charge is 2.34. The number of nitro groups is 1. The van der Waals surface area contributed by atoms with E-state index in [9.17, 15) is 19.5 Å². The van der Waals surface area contributed by atoms with Gasteiger partial charge in [0, 0.05) is 17.5 Å². The van der Waals surface area contributed by atoms with Gasteiger partial charge in [-0.05, 0) is 35.9 Å². The first-order valence-corrected chi connectivity index (χ1v) is 12.2. The van der Waals surface area contributed by atoms with Gasteiger partial charge in [0.2, 0.25) is 0 Å². The van der Waals surface area contributed by atoms with Gasteiger partial charge < -0.3 is 13.8 Å². The Bertz CT molecular complexity index is 1220. The summed E-state index contributed by atoms with van der Waals surface area (Å²) < 4.78 is 30.6. The van der Waals surface area contributed by atoms with Gasteiger partial charge in [0.15, 0.2) is 0 Å². The maximum atomic E-state index is 13.8. The van der Waals surface area contributed by atoms with Crippen molar-refractivity contribution in [2.75, 3.05) is 6.61 Å². The molecular formula is C24H27N2O7P. The highest BCUT2D eigenvalue weighted by molar-refractivity contribution is 7.52. The van der Waals surface area contributed by atoms with Crippen LogP contribution in [0.25, 0.3) is 10.8 Å². The molecule has 180 valence electrons. The molecule has 0 saturated carbocycles. The highest BCUT2D eigenvalue weighted by Crippen LogP contribution is 2.47. The maximum absolute atomic E-state index is 13.8. The van der Waals surface area contributed by atoms with Crippen LogP contribution >= 0.6 is 7.75 Å². The number of benzene rings is 3. The van der Waals surface area contributed by atoms with Crippen molar-refractivity contribution in [1.82, 2.24) is 5.09 Å². The molecule has 0 radical (unpaired) electrons. The van der Waals surface area contributed by atoms with Crippen LogP contribution in [0.3, 0.4) is 0 Å². The average molecular weight is 486 g/mol. The number of fused-ring (bicyclic) bond motifs is 1. The number of nitro benzene ring substituents is 1. The molecule has 0 aliphatic heterocycles. The van der Waals surface area contributed by atoms with Crippen LogP contribution in [0, 0.1) is 15.5 Å². The van der Waals surface area contributed by atoms with Gasteiger partial charge in [-0.1, -0.05) is 57.2 Å². The lowest BCUT2D eigenvalue weighted by Crippen LogP contribution is -2.37. The van der Waals surface area contributed by atoms with Gasteiger partial charge in [-0.15, -0.1) is 0 Å². The summed E-state index contributed by atoms with van der Waals surface area (Å²) in [5.41, 5.74) is -0.391. The van der Waals surface area contributed by atoms with E-state index in [1.165, 1.54) is 31.2 Å². The van der Waals surface area contributed by atoms with Crippen molar-refractivity contribution in [3.8, 4) is 11.5 Å². The van der Waals surface area contributed by atoms with E-state index >= 15 is 0 Å². The van der Waals surface area contributed by atoms with E-state index in [0.717, 1.165) is 5.39 Å². The van der Waals surface area contributed by atoms with Crippen LogP contribution in [-0.2, 0) is 14.1 Å². The molecule has 0 aliphatic carbocycles. The summed E-state index contributed by atoms with van der Waals surface area (Å²) >= 11 is 0. The third-order valence-electron chi connectivity index (χ3n) is 4.59. The molecule has 1 N–H and O–H groups in total. The van der Waals surface area contributed by atoms with Crippen molar-refractivity contribution in [3.05, 3.63) is 76.8 Å². The van der Waals surface area contributed by atoms with E-state index in [2.05, 4.69) is 5.09 Å². The first-order valence-electron chi connectivity index (χ1n) is 10.6. The van der Waals surface area contributed by atoms with Crippen molar-refractivity contribution in [2.24, 2.45) is 5.41 Å². The molecule has 0 bridgehead atoms. The summed E-state index contributed by atoms with van der Waals surface area (Å²) in [5.74, 6) is -0.271. The smallest absolute Gasteiger partial charge is 0.464 e. The fraction of sp³-hybridized carbons (Fsp3) is 0.292. The second-order valence-electron chi connectivity index (χ2n) is 8.93. The Morgan fingerprint density at radius 1 is 1.03 bits per heavy atom. The molecule has 3 rings (SSSR count). The second-order valence-corrected chi connectivity index (χ2v) is 10.5. The summed E-state index contributed by atoms with van der Waals surface area (Å²) in [6.45, 7) is 7.43. The molecular weight excluding hydrogens is 459 g/mol. The molecule has 2 atom stereocenters. The number of non-ortho nitro benzene ring substituents is 1. The molecule has 3 aromatic rings. The van der Waals surface area contributed by atoms with Crippen LogP contribution in [-0.4, -0.2) is 23.5 Å². The zero-order valence-corrected chi connectivity index (χ0v) is 20.3. The van der Waals surface area contributed by atoms with Crippen LogP contribution in [0.4, 0.5) is 5.69 Å². The number of hydrogen-bond donors (Lipinski definition) is 1. The molecule has 0 amide bonds. The minimum Gasteiger partial charge on any atom is -0.464 e. The lowest BCUT2D eigenvalue weighted by atomic mass is 9.99. The minimum absolute atomic E-state index is 0.0666. The lowest BCUT2D eigenvalue weighted by molar-refractivity contribution is -0.384. The van der Waals surface area contributed by atoms with Crippen LogP contribution in [0.2, 0.25) is 0 Å². The Kier molecular flexibility index (Phi) is 7.59. The van der Waals surface area contributed by atoms with Crippen molar-refractivity contribution in [3.63, 3.8) is 0 Å². The molecule has 34 heavy (non-hydrogen) atoms. The van der Waals surface area contributed by atoms with Crippen LogP contribution in [0.15, 0.2) is 66.7 Å². The summed E-state index contributed by atoms with van der Waals surface area (Å²) in [6.07, 6.45) is 0. The minimum atomic E-state index is -4.20. The average Bonchev–Trinajstić information content (AvgIpc) is 2.77. The van der Waals surface area contributed by atoms with Crippen molar-refractivity contribution in [1.29, 1.82) is 0 Å². The van der Waals surface area contributed by atoms with Gasteiger partial charge in [0.05, 0.1) is 11.5 Å². The van der Waals surface area contributed by atoms with Gasteiger partial charge in [0.1, 0.15) is 17.5 Å². The van der Waals surface area contributed by atoms with Gasteiger partial charge in [-0.2, -0.15) is 5.09 Å². The van der Waals surface area contributed by atoms with E-state index in [1.807, 2.05) is 51.1 Å². The van der Waals surface area contributed by atoms with E-state index in [4.69, 9.17) is 13.8 Å². The van der Waals surface area contributed by atoms with Gasteiger partial charge in [0.25, 0.3) is 5.69 Å². The van der Waals surface area contributed by atoms with Crippen molar-refractivity contribution in [2.45, 2.75) is 33.7 Å². The first-order chi connectivity index (χ1) is 16.0. The Labute approximate surface area is 197 Å². The van der Waals surface area contributed by atoms with Crippen molar-refractivity contribution < 1.29 is 28.1 Å². The van der Waals surface area contributed by atoms with Gasteiger partial charge in [-0.3, -0.25) is 14.9 Å². The topological polar surface area (TPSA) is 117 Å². The third-order valence-corrected chi connectivity index (χ3v) is 6.19. The van der Waals surface area contributed by atoms with E-state index in [1.54, 1.807) is 12.1 Å². The molecule has 1 unspecified atom stereocenters. The summed E-state index contributed by atoms with van der Waals surface area (Å²) in [4.78, 5) is 22.9. The molecule has 10 heteroatoms. The molecule has 9 nitrogen and oxygen atoms in total. The number of carbonyl (C=O) groups excluding carboxylic acids is 1. The molecule has 0 spiro atoms. The van der Waals surface area contributed by atoms with Crippen LogP contribution < -0.4 is 14.1 Å². The first kappa shape index (κ1) is 25.2. The number of nitrogens with zero attached hydrogens (tertiary/aromatic N) is 1. The summed E-state index contributed by atoms with van der Waals surface area (Å²) in [6, 6.07) is 16.7. The Morgan fingerprint density at radius 3 is 2.32 bits per heavy atom. The number of carbonyl (C=O) groups is 1. The summed E-state index contributed by atoms with van der Waals surface area (Å²) in [7, 11) is -4.20. The Hall–Kier alpha value is -3.42. The number of hydrogen-bond acceptors (Lipinski definition) is 7. The molecule has 3 aromatic carbocycles. The standard InChI is InChI=1S/C24H27N2O7P/c1-17(23(27)31-16-24(2,3)4)25-34(30,32-20-14-12-19(13-15-20)26(28)29)33-22-11-7-9-18-8-5-6-10-21(18)22/h5-15,17H,16H2,1-4H3,(H,25,30)/t17-,34?/m0/s1. The molecule has 0 saturated heterocycles. The number of esters is 1. The lowest BCUT2D eigenvalue weighted by Gasteiger charge is -2.24. The normalized spacial score (nSPS) is 14.1. The van der Waals surface area contributed by atoms with E-state index in [0.29, 0.717) is 5.39 Å². The highest BCUT2D eigenvalue weighted by atomic mass is 31.2. The van der Waals surface area contributed by atoms with E-state index in [-0.39, 0.29) is 29.2 Å². The predicted molar refractivity (Wildman–Crippen MR) is 129 cm³/mol. The Balaban J connectivity index is 1.89. The molecule has 0 fully saturated rings. The maximum Gasteiger partial charge on any atom is 0.513 e. The van der Waals surface area contributed by atoms with Crippen LogP contribution in [0.5, 0.6) is 11.5 Å². The quantitative estimate of drug-likeness (QED) is 0.172. The summed E-state index contributed by atoms with van der Waals surface area (Å²) in [5, 5.41) is 15.1. The molecule has 0 aromatic heterocycles. The fourth-order valence-electron chi connectivity index (χ4n) is 2.95.